The standard InChI is InChI=1S/C14H16ClNO3/c1-3-19-14(18)13(17)8(2)9-7-16-11-6-4-5-10(15)12(9)11/h4-8,13,16-17H,3H2,1-2H3/t8-,13-/m0/s1. The van der Waals surface area contributed by atoms with E-state index in [9.17, 15) is 9.90 Å². The average molecular weight is 282 g/mol. The van der Waals surface area contributed by atoms with E-state index in [4.69, 9.17) is 16.3 Å². The number of aliphatic hydroxyl groups is 1. The summed E-state index contributed by atoms with van der Waals surface area (Å²) in [6.07, 6.45) is 0.569. The van der Waals surface area contributed by atoms with Crippen molar-refractivity contribution in [2.75, 3.05) is 6.61 Å². The van der Waals surface area contributed by atoms with Gasteiger partial charge in [0.25, 0.3) is 0 Å². The molecule has 0 spiro atoms. The molecule has 1 aromatic carbocycles. The highest BCUT2D eigenvalue weighted by Crippen LogP contribution is 2.32. The van der Waals surface area contributed by atoms with Crippen LogP contribution in [-0.2, 0) is 9.53 Å². The highest BCUT2D eigenvalue weighted by Gasteiger charge is 2.27. The van der Waals surface area contributed by atoms with Crippen molar-refractivity contribution in [1.29, 1.82) is 0 Å². The Morgan fingerprint density at radius 1 is 1.53 bits per heavy atom. The molecule has 0 saturated carbocycles. The van der Waals surface area contributed by atoms with Crippen molar-refractivity contribution < 1.29 is 14.6 Å². The Kier molecular flexibility index (Phi) is 4.12. The van der Waals surface area contributed by atoms with Crippen molar-refractivity contribution in [3.63, 3.8) is 0 Å². The number of carbonyl (C=O) groups is 1. The van der Waals surface area contributed by atoms with Crippen molar-refractivity contribution in [3.05, 3.63) is 35.0 Å². The molecule has 0 aliphatic heterocycles. The van der Waals surface area contributed by atoms with Gasteiger partial charge in [0.15, 0.2) is 6.10 Å². The van der Waals surface area contributed by atoms with Gasteiger partial charge in [0.05, 0.1) is 11.6 Å². The number of aromatic nitrogens is 1. The first-order valence-corrected chi connectivity index (χ1v) is 6.54. The minimum absolute atomic E-state index is 0.247. The van der Waals surface area contributed by atoms with Crippen molar-refractivity contribution >= 4 is 28.5 Å². The molecule has 0 bridgehead atoms. The summed E-state index contributed by atoms with van der Waals surface area (Å²) in [6.45, 7) is 3.72. The van der Waals surface area contributed by atoms with Crippen LogP contribution in [0.2, 0.25) is 5.02 Å². The zero-order chi connectivity index (χ0) is 14.0. The van der Waals surface area contributed by atoms with E-state index in [1.165, 1.54) is 0 Å². The van der Waals surface area contributed by atoms with Crippen molar-refractivity contribution in [1.82, 2.24) is 4.98 Å². The molecule has 1 aromatic heterocycles. The Labute approximate surface area is 116 Å². The molecular formula is C14H16ClNO3. The van der Waals surface area contributed by atoms with E-state index < -0.39 is 18.0 Å². The van der Waals surface area contributed by atoms with Crippen molar-refractivity contribution in [2.45, 2.75) is 25.9 Å². The molecule has 2 N–H and O–H groups in total. The first-order chi connectivity index (χ1) is 9.06. The van der Waals surface area contributed by atoms with Crippen LogP contribution < -0.4 is 0 Å². The van der Waals surface area contributed by atoms with Gasteiger partial charge < -0.3 is 14.8 Å². The second-order valence-electron chi connectivity index (χ2n) is 4.39. The minimum atomic E-state index is -1.20. The minimum Gasteiger partial charge on any atom is -0.464 e. The molecular weight excluding hydrogens is 266 g/mol. The normalized spacial score (nSPS) is 14.3. The second-order valence-corrected chi connectivity index (χ2v) is 4.80. The van der Waals surface area contributed by atoms with E-state index in [2.05, 4.69) is 4.98 Å². The van der Waals surface area contributed by atoms with E-state index in [1.54, 1.807) is 26.1 Å². The quantitative estimate of drug-likeness (QED) is 0.847. The van der Waals surface area contributed by atoms with Crippen LogP contribution in [-0.4, -0.2) is 28.8 Å². The van der Waals surface area contributed by atoms with Crippen LogP contribution in [0.4, 0.5) is 0 Å². The lowest BCUT2D eigenvalue weighted by atomic mass is 9.95. The number of aromatic amines is 1. The molecule has 0 aliphatic carbocycles. The van der Waals surface area contributed by atoms with Crippen LogP contribution in [0, 0.1) is 0 Å². The molecule has 5 heteroatoms. The van der Waals surface area contributed by atoms with Gasteiger partial charge in [-0.1, -0.05) is 24.6 Å². The number of hydrogen-bond acceptors (Lipinski definition) is 3. The molecule has 2 atom stereocenters. The maximum Gasteiger partial charge on any atom is 0.335 e. The van der Waals surface area contributed by atoms with Gasteiger partial charge in [-0.15, -0.1) is 0 Å². The maximum atomic E-state index is 11.6. The number of carbonyl (C=O) groups excluding carboxylic acids is 1. The lowest BCUT2D eigenvalue weighted by Gasteiger charge is -2.17. The second kappa shape index (κ2) is 5.63. The Balaban J connectivity index is 2.36. The number of benzene rings is 1. The summed E-state index contributed by atoms with van der Waals surface area (Å²) in [5.74, 6) is -1.01. The third kappa shape index (κ3) is 2.60. The van der Waals surface area contributed by atoms with Gasteiger partial charge >= 0.3 is 5.97 Å². The molecule has 0 fully saturated rings. The summed E-state index contributed by atoms with van der Waals surface area (Å²) in [4.78, 5) is 14.7. The van der Waals surface area contributed by atoms with Crippen LogP contribution in [0.15, 0.2) is 24.4 Å². The molecule has 2 rings (SSSR count). The Morgan fingerprint density at radius 3 is 2.95 bits per heavy atom. The predicted molar refractivity (Wildman–Crippen MR) is 74.4 cm³/mol. The number of halogens is 1. The number of ether oxygens (including phenoxy) is 1. The van der Waals surface area contributed by atoms with Crippen LogP contribution in [0.25, 0.3) is 10.9 Å². The van der Waals surface area contributed by atoms with Crippen LogP contribution in [0.1, 0.15) is 25.3 Å². The third-order valence-electron chi connectivity index (χ3n) is 3.18. The molecule has 0 radical (unpaired) electrons. The van der Waals surface area contributed by atoms with Gasteiger partial charge in [-0.3, -0.25) is 0 Å². The molecule has 0 unspecified atom stereocenters. The summed E-state index contributed by atoms with van der Waals surface area (Å²) < 4.78 is 4.83. The van der Waals surface area contributed by atoms with E-state index in [0.29, 0.717) is 5.02 Å². The van der Waals surface area contributed by atoms with E-state index in [0.717, 1.165) is 16.5 Å². The molecule has 19 heavy (non-hydrogen) atoms. The average Bonchev–Trinajstić information content (AvgIpc) is 2.82. The van der Waals surface area contributed by atoms with Crippen LogP contribution in [0.5, 0.6) is 0 Å². The highest BCUT2D eigenvalue weighted by atomic mass is 35.5. The zero-order valence-electron chi connectivity index (χ0n) is 10.8. The van der Waals surface area contributed by atoms with E-state index >= 15 is 0 Å². The molecule has 4 nitrogen and oxygen atoms in total. The van der Waals surface area contributed by atoms with Crippen molar-refractivity contribution in [2.24, 2.45) is 0 Å². The maximum absolute atomic E-state index is 11.6. The molecule has 0 amide bonds. The molecule has 2 aromatic rings. The number of fused-ring (bicyclic) bond motifs is 1. The topological polar surface area (TPSA) is 62.3 Å². The number of hydrogen-bond donors (Lipinski definition) is 2. The van der Waals surface area contributed by atoms with Gasteiger partial charge in [0.1, 0.15) is 0 Å². The van der Waals surface area contributed by atoms with Crippen LogP contribution >= 0.6 is 11.6 Å². The zero-order valence-corrected chi connectivity index (χ0v) is 11.6. The Morgan fingerprint density at radius 2 is 2.26 bits per heavy atom. The molecule has 0 saturated heterocycles. The van der Waals surface area contributed by atoms with E-state index in [-0.39, 0.29) is 6.61 Å². The largest absolute Gasteiger partial charge is 0.464 e. The predicted octanol–water partition coefficient (Wildman–Crippen LogP) is 2.85. The lowest BCUT2D eigenvalue weighted by molar-refractivity contribution is -0.154. The molecule has 0 aliphatic rings. The molecule has 102 valence electrons. The van der Waals surface area contributed by atoms with Crippen LogP contribution in [0.3, 0.4) is 0 Å². The summed E-state index contributed by atoms with van der Waals surface area (Å²) in [6, 6.07) is 5.52. The fourth-order valence-electron chi connectivity index (χ4n) is 2.13. The number of rotatable bonds is 4. The fourth-order valence-corrected chi connectivity index (χ4v) is 2.41. The van der Waals surface area contributed by atoms with Gasteiger partial charge in [-0.05, 0) is 24.6 Å². The van der Waals surface area contributed by atoms with Gasteiger partial charge in [0.2, 0.25) is 0 Å². The number of aliphatic hydroxyl groups excluding tert-OH is 1. The smallest absolute Gasteiger partial charge is 0.335 e. The number of esters is 1. The van der Waals surface area contributed by atoms with Gasteiger partial charge in [-0.25, -0.2) is 4.79 Å². The number of nitrogens with one attached hydrogen (secondary N) is 1. The first-order valence-electron chi connectivity index (χ1n) is 6.16. The van der Waals surface area contributed by atoms with Gasteiger partial charge in [0, 0.05) is 23.0 Å². The van der Waals surface area contributed by atoms with Gasteiger partial charge in [-0.2, -0.15) is 0 Å². The summed E-state index contributed by atoms with van der Waals surface area (Å²) >= 11 is 6.18. The Hall–Kier alpha value is -1.52. The SMILES string of the molecule is CCOC(=O)[C@@H](O)[C@@H](C)c1c[nH]c2cccc(Cl)c12. The third-order valence-corrected chi connectivity index (χ3v) is 3.49. The summed E-state index contributed by atoms with van der Waals surface area (Å²) in [7, 11) is 0. The summed E-state index contributed by atoms with van der Waals surface area (Å²) in [5.41, 5.74) is 1.69. The highest BCUT2D eigenvalue weighted by molar-refractivity contribution is 6.35. The first kappa shape index (κ1) is 13.9. The van der Waals surface area contributed by atoms with E-state index in [1.807, 2.05) is 12.1 Å². The fraction of sp³-hybridized carbons (Fsp3) is 0.357. The lowest BCUT2D eigenvalue weighted by Crippen LogP contribution is -2.28. The number of H-pyrrole nitrogens is 1. The monoisotopic (exact) mass is 281 g/mol. The molecule has 1 heterocycles. The Bertz CT molecular complexity index is 593. The van der Waals surface area contributed by atoms with Crippen molar-refractivity contribution in [3.8, 4) is 0 Å². The summed E-state index contributed by atoms with van der Waals surface area (Å²) in [5, 5.41) is 11.4.